The van der Waals surface area contributed by atoms with E-state index in [0.717, 1.165) is 89.0 Å². The lowest BCUT2D eigenvalue weighted by atomic mass is 9.84. The monoisotopic (exact) mass is 940 g/mol. The van der Waals surface area contributed by atoms with Crippen molar-refractivity contribution < 1.29 is 17.6 Å². The van der Waals surface area contributed by atoms with Gasteiger partial charge in [-0.05, 0) is 200 Å². The van der Waals surface area contributed by atoms with Gasteiger partial charge in [-0.3, -0.25) is 0 Å². The zero-order chi connectivity index (χ0) is 49.0. The Kier molecular flexibility index (Phi) is 12.6. The van der Waals surface area contributed by atoms with E-state index in [1.807, 2.05) is 70.5 Å². The maximum Gasteiger partial charge on any atom is 0.123 e. The second-order valence-corrected chi connectivity index (χ2v) is 17.5. The van der Waals surface area contributed by atoms with Crippen molar-refractivity contribution in [1.29, 1.82) is 0 Å². The van der Waals surface area contributed by atoms with Gasteiger partial charge >= 0.3 is 0 Å². The minimum atomic E-state index is -0.331. The predicted octanol–water partition coefficient (Wildman–Crippen LogP) is 19.2. The van der Waals surface area contributed by atoms with Crippen LogP contribution in [0.1, 0.15) is 22.3 Å². The Labute approximate surface area is 416 Å². The largest absolute Gasteiger partial charge is 0.310 e. The van der Waals surface area contributed by atoms with Crippen LogP contribution in [0.4, 0.5) is 51.7 Å². The molecule has 0 aliphatic carbocycles. The minimum Gasteiger partial charge on any atom is -0.310 e. The number of anilines is 6. The second-order valence-electron chi connectivity index (χ2n) is 17.5. The molecule has 11 aromatic rings. The van der Waals surface area contributed by atoms with E-state index < -0.39 is 0 Å². The highest BCUT2D eigenvalue weighted by atomic mass is 19.1. The van der Waals surface area contributed by atoms with Crippen LogP contribution in [0.15, 0.2) is 243 Å². The molecule has 11 aromatic carbocycles. The molecule has 0 radical (unpaired) electrons. The van der Waals surface area contributed by atoms with Crippen LogP contribution in [0.3, 0.4) is 0 Å². The topological polar surface area (TPSA) is 6.48 Å². The highest BCUT2D eigenvalue weighted by molar-refractivity contribution is 6.22. The number of hydrogen-bond donors (Lipinski definition) is 0. The van der Waals surface area contributed by atoms with Crippen LogP contribution in [0, 0.1) is 23.3 Å². The maximum atomic E-state index is 14.0. The molecule has 0 fully saturated rings. The molecule has 0 bridgehead atoms. The van der Waals surface area contributed by atoms with Crippen LogP contribution in [0.5, 0.6) is 0 Å². The summed E-state index contributed by atoms with van der Waals surface area (Å²) in [4.78, 5) is 3.94. The van der Waals surface area contributed by atoms with Gasteiger partial charge in [0.2, 0.25) is 0 Å². The number of hydrogen-bond acceptors (Lipinski definition) is 2. The Morgan fingerprint density at radius 3 is 0.778 bits per heavy atom. The fourth-order valence-electron chi connectivity index (χ4n) is 9.40. The summed E-state index contributed by atoms with van der Waals surface area (Å²) in [7, 11) is 0. The number of rotatable bonds is 12. The van der Waals surface area contributed by atoms with Crippen LogP contribution in [0.25, 0.3) is 68.1 Å². The molecule has 11 rings (SSSR count). The molecule has 0 spiro atoms. The summed E-state index contributed by atoms with van der Waals surface area (Å²) in [5.41, 5.74) is 13.4. The maximum absolute atomic E-state index is 14.0. The van der Waals surface area contributed by atoms with Gasteiger partial charge in [0.05, 0.1) is 0 Å². The van der Waals surface area contributed by atoms with Crippen LogP contribution in [0.2, 0.25) is 0 Å². The minimum absolute atomic E-state index is 0.331. The van der Waals surface area contributed by atoms with E-state index in [2.05, 4.69) is 109 Å². The SMILES string of the molecule is Fc1ccc(N(c2ccc(F)cc2)c2ccc(/C=C/c3ccc4c(-c5ccccc5)c(-c5ccccc5)c5ccc(/C=C/c6ccc(N(c7ccc(F)cc7)c7ccc(F)cc7)cc6)cc5c4c3)cc2)cc1. The van der Waals surface area contributed by atoms with E-state index >= 15 is 0 Å². The van der Waals surface area contributed by atoms with Crippen molar-refractivity contribution in [3.63, 3.8) is 0 Å². The summed E-state index contributed by atoms with van der Waals surface area (Å²) >= 11 is 0. The van der Waals surface area contributed by atoms with Gasteiger partial charge in [-0.15, -0.1) is 0 Å². The molecule has 0 amide bonds. The molecule has 0 N–H and O–H groups in total. The third kappa shape index (κ3) is 9.54. The van der Waals surface area contributed by atoms with E-state index in [9.17, 15) is 17.6 Å². The third-order valence-corrected chi connectivity index (χ3v) is 12.9. The highest BCUT2D eigenvalue weighted by Gasteiger charge is 2.19. The smallest absolute Gasteiger partial charge is 0.123 e. The fraction of sp³-hybridized carbons (Fsp3) is 0. The molecule has 0 heterocycles. The Hall–Kier alpha value is -9.26. The molecule has 0 aliphatic heterocycles. The van der Waals surface area contributed by atoms with Crippen LogP contribution in [-0.2, 0) is 0 Å². The number of fused-ring (bicyclic) bond motifs is 3. The Bertz CT molecular complexity index is 3380. The van der Waals surface area contributed by atoms with Gasteiger partial charge in [-0.1, -0.05) is 133 Å². The summed E-state index contributed by atoms with van der Waals surface area (Å²) in [6.45, 7) is 0. The number of halogens is 4. The van der Waals surface area contributed by atoms with Crippen molar-refractivity contribution in [1.82, 2.24) is 0 Å². The first-order valence-electron chi connectivity index (χ1n) is 23.6. The zero-order valence-corrected chi connectivity index (χ0v) is 38.8. The van der Waals surface area contributed by atoms with Gasteiger partial charge in [0.25, 0.3) is 0 Å². The average Bonchev–Trinajstić information content (AvgIpc) is 3.42. The Morgan fingerprint density at radius 2 is 0.486 bits per heavy atom. The molecule has 0 saturated heterocycles. The van der Waals surface area contributed by atoms with Gasteiger partial charge in [-0.2, -0.15) is 0 Å². The van der Waals surface area contributed by atoms with Crippen molar-refractivity contribution in [2.24, 2.45) is 0 Å². The Morgan fingerprint density at radius 1 is 0.236 bits per heavy atom. The molecule has 0 atom stereocenters. The summed E-state index contributed by atoms with van der Waals surface area (Å²) in [5, 5.41) is 4.52. The fourth-order valence-corrected chi connectivity index (χ4v) is 9.40. The van der Waals surface area contributed by atoms with E-state index in [-0.39, 0.29) is 23.3 Å². The van der Waals surface area contributed by atoms with E-state index in [1.165, 1.54) is 59.7 Å². The molecule has 346 valence electrons. The molecular formula is C66H44F4N2. The van der Waals surface area contributed by atoms with E-state index in [0.29, 0.717) is 0 Å². The lowest BCUT2D eigenvalue weighted by molar-refractivity contribution is 0.627. The van der Waals surface area contributed by atoms with Crippen molar-refractivity contribution >= 4 is 80.0 Å². The first kappa shape index (κ1) is 45.2. The molecule has 0 saturated carbocycles. The number of nitrogens with zero attached hydrogens (tertiary/aromatic N) is 2. The van der Waals surface area contributed by atoms with Crippen molar-refractivity contribution in [3.8, 4) is 22.3 Å². The molecule has 6 heteroatoms. The van der Waals surface area contributed by atoms with Crippen molar-refractivity contribution in [2.45, 2.75) is 0 Å². The predicted molar refractivity (Wildman–Crippen MR) is 292 cm³/mol. The lowest BCUT2D eigenvalue weighted by Gasteiger charge is -2.25. The van der Waals surface area contributed by atoms with E-state index in [4.69, 9.17) is 0 Å². The molecule has 0 unspecified atom stereocenters. The van der Waals surface area contributed by atoms with Crippen molar-refractivity contribution in [2.75, 3.05) is 9.80 Å². The number of benzene rings is 11. The standard InChI is InChI=1S/C66H44F4N2/c67-51-21-33-57(34-22-51)71(58-35-23-52(68)24-36-58)55-29-15-45(16-30-55)11-13-47-19-41-61-63(43-47)64-44-48(20-42-62(64)66(50-9-5-2-6-10-50)65(61)49-7-3-1-4-8-49)14-12-46-17-31-56(32-18-46)72(59-37-25-53(69)26-38-59)60-39-27-54(70)28-40-60/h1-44H/b13-11+,14-12+. The Balaban J connectivity index is 0.966. The zero-order valence-electron chi connectivity index (χ0n) is 38.8. The van der Waals surface area contributed by atoms with Gasteiger partial charge in [0, 0.05) is 34.1 Å². The lowest BCUT2D eigenvalue weighted by Crippen LogP contribution is -2.09. The molecular weight excluding hydrogens is 897 g/mol. The summed E-state index contributed by atoms with van der Waals surface area (Å²) in [5.74, 6) is -1.32. The highest BCUT2D eigenvalue weighted by Crippen LogP contribution is 2.45. The third-order valence-electron chi connectivity index (χ3n) is 12.9. The summed E-state index contributed by atoms with van der Waals surface area (Å²) < 4.78 is 55.9. The first-order valence-corrected chi connectivity index (χ1v) is 23.6. The van der Waals surface area contributed by atoms with Gasteiger partial charge in [0.15, 0.2) is 0 Å². The second kappa shape index (κ2) is 20.0. The normalized spacial score (nSPS) is 11.5. The quantitative estimate of drug-likeness (QED) is 0.0684. The van der Waals surface area contributed by atoms with Crippen LogP contribution >= 0.6 is 0 Å². The molecule has 2 nitrogen and oxygen atoms in total. The molecule has 72 heavy (non-hydrogen) atoms. The van der Waals surface area contributed by atoms with Crippen LogP contribution in [-0.4, -0.2) is 0 Å². The van der Waals surface area contributed by atoms with Gasteiger partial charge in [0.1, 0.15) is 23.3 Å². The van der Waals surface area contributed by atoms with Crippen molar-refractivity contribution in [3.05, 3.63) is 288 Å². The molecule has 0 aliphatic rings. The van der Waals surface area contributed by atoms with Crippen LogP contribution < -0.4 is 9.80 Å². The van der Waals surface area contributed by atoms with E-state index in [1.54, 1.807) is 48.5 Å². The van der Waals surface area contributed by atoms with Gasteiger partial charge < -0.3 is 9.80 Å². The first-order chi connectivity index (χ1) is 35.3. The summed E-state index contributed by atoms with van der Waals surface area (Å²) in [6.07, 6.45) is 8.46. The molecule has 0 aromatic heterocycles. The average molecular weight is 941 g/mol. The van der Waals surface area contributed by atoms with Gasteiger partial charge in [-0.25, -0.2) is 17.6 Å². The summed E-state index contributed by atoms with van der Waals surface area (Å²) in [6, 6.07) is 75.8.